The Balaban J connectivity index is 4.47. The summed E-state index contributed by atoms with van der Waals surface area (Å²) >= 11 is 0. The summed E-state index contributed by atoms with van der Waals surface area (Å²) in [6.45, 7) is 14.5. The maximum absolute atomic E-state index is 4.08. The average Bonchev–Trinajstić information content (AvgIpc) is 2.18. The SMILES string of the molecule is C=CCC(=C)CC(CC)=C(CC)CC. The third-order valence-electron chi connectivity index (χ3n) is 2.68. The fourth-order valence-corrected chi connectivity index (χ4v) is 1.83. The highest BCUT2D eigenvalue weighted by Crippen LogP contribution is 2.23. The van der Waals surface area contributed by atoms with Crippen molar-refractivity contribution in [3.05, 3.63) is 36.0 Å². The van der Waals surface area contributed by atoms with Gasteiger partial charge in [0.15, 0.2) is 0 Å². The second-order valence-corrected chi connectivity index (χ2v) is 3.69. The Bertz CT molecular complexity index is 212. The van der Waals surface area contributed by atoms with Gasteiger partial charge in [0, 0.05) is 0 Å². The predicted octanol–water partition coefficient (Wildman–Crippen LogP) is 5.04. The Labute approximate surface area is 89.4 Å². The summed E-state index contributed by atoms with van der Waals surface area (Å²) < 4.78 is 0. The van der Waals surface area contributed by atoms with Crippen molar-refractivity contribution in [3.8, 4) is 0 Å². The fourth-order valence-electron chi connectivity index (χ4n) is 1.83. The van der Waals surface area contributed by atoms with E-state index in [4.69, 9.17) is 0 Å². The van der Waals surface area contributed by atoms with Gasteiger partial charge in [-0.25, -0.2) is 0 Å². The molecule has 0 saturated carbocycles. The number of allylic oxidation sites excluding steroid dienone is 4. The molecular formula is C14H24. The molecule has 0 aromatic carbocycles. The molecule has 0 saturated heterocycles. The van der Waals surface area contributed by atoms with Crippen molar-refractivity contribution < 1.29 is 0 Å². The lowest BCUT2D eigenvalue weighted by Crippen LogP contribution is -1.92. The molecule has 0 aliphatic heterocycles. The quantitative estimate of drug-likeness (QED) is 0.496. The Morgan fingerprint density at radius 3 is 1.86 bits per heavy atom. The van der Waals surface area contributed by atoms with E-state index in [9.17, 15) is 0 Å². The van der Waals surface area contributed by atoms with Gasteiger partial charge in [-0.05, 0) is 32.1 Å². The molecule has 0 aliphatic rings. The second kappa shape index (κ2) is 7.61. The van der Waals surface area contributed by atoms with Crippen molar-refractivity contribution in [3.63, 3.8) is 0 Å². The molecule has 0 aromatic rings. The van der Waals surface area contributed by atoms with Gasteiger partial charge in [-0.1, -0.05) is 50.1 Å². The summed E-state index contributed by atoms with van der Waals surface area (Å²) in [5.41, 5.74) is 4.48. The average molecular weight is 192 g/mol. The lowest BCUT2D eigenvalue weighted by atomic mass is 9.94. The molecule has 0 radical (unpaired) electrons. The molecule has 0 unspecified atom stereocenters. The Hall–Kier alpha value is -0.780. The molecule has 0 rings (SSSR count). The third kappa shape index (κ3) is 4.45. The van der Waals surface area contributed by atoms with Crippen LogP contribution in [0.5, 0.6) is 0 Å². The smallest absolute Gasteiger partial charge is 0.0105 e. The van der Waals surface area contributed by atoms with Crippen LogP contribution in [-0.2, 0) is 0 Å². The van der Waals surface area contributed by atoms with Gasteiger partial charge in [-0.15, -0.1) is 6.58 Å². The van der Waals surface area contributed by atoms with E-state index >= 15 is 0 Å². The first-order chi connectivity index (χ1) is 6.69. The van der Waals surface area contributed by atoms with Crippen LogP contribution in [0.2, 0.25) is 0 Å². The van der Waals surface area contributed by atoms with E-state index in [1.54, 1.807) is 11.1 Å². The monoisotopic (exact) mass is 192 g/mol. The van der Waals surface area contributed by atoms with E-state index in [-0.39, 0.29) is 0 Å². The van der Waals surface area contributed by atoms with E-state index in [0.29, 0.717) is 0 Å². The van der Waals surface area contributed by atoms with Crippen LogP contribution in [0.15, 0.2) is 36.0 Å². The molecule has 0 N–H and O–H groups in total. The highest BCUT2D eigenvalue weighted by molar-refractivity contribution is 5.20. The first-order valence-electron chi connectivity index (χ1n) is 5.66. The fraction of sp³-hybridized carbons (Fsp3) is 0.571. The van der Waals surface area contributed by atoms with Crippen LogP contribution in [0.4, 0.5) is 0 Å². The summed E-state index contributed by atoms with van der Waals surface area (Å²) in [4.78, 5) is 0. The van der Waals surface area contributed by atoms with Crippen LogP contribution in [0, 0.1) is 0 Å². The summed E-state index contributed by atoms with van der Waals surface area (Å²) in [6.07, 6.45) is 7.48. The first kappa shape index (κ1) is 13.2. The van der Waals surface area contributed by atoms with Gasteiger partial charge >= 0.3 is 0 Å². The van der Waals surface area contributed by atoms with Crippen LogP contribution in [0.3, 0.4) is 0 Å². The van der Waals surface area contributed by atoms with Crippen molar-refractivity contribution in [2.45, 2.75) is 52.9 Å². The molecule has 0 heterocycles. The summed E-state index contributed by atoms with van der Waals surface area (Å²) in [7, 11) is 0. The molecule has 0 amide bonds. The van der Waals surface area contributed by atoms with Gasteiger partial charge in [0.25, 0.3) is 0 Å². The van der Waals surface area contributed by atoms with Gasteiger partial charge in [-0.2, -0.15) is 0 Å². The highest BCUT2D eigenvalue weighted by Gasteiger charge is 2.03. The van der Waals surface area contributed by atoms with Gasteiger partial charge < -0.3 is 0 Å². The van der Waals surface area contributed by atoms with Crippen LogP contribution in [0.25, 0.3) is 0 Å². The minimum atomic E-state index is 0.949. The number of hydrogen-bond donors (Lipinski definition) is 0. The molecule has 0 bridgehead atoms. The van der Waals surface area contributed by atoms with E-state index in [0.717, 1.165) is 19.3 Å². The van der Waals surface area contributed by atoms with Crippen molar-refractivity contribution in [2.75, 3.05) is 0 Å². The van der Waals surface area contributed by atoms with Crippen LogP contribution in [0.1, 0.15) is 52.9 Å². The van der Waals surface area contributed by atoms with Crippen molar-refractivity contribution in [1.82, 2.24) is 0 Å². The number of rotatable bonds is 7. The second-order valence-electron chi connectivity index (χ2n) is 3.69. The van der Waals surface area contributed by atoms with Crippen molar-refractivity contribution in [1.29, 1.82) is 0 Å². The normalized spacial score (nSPS) is 9.64. The zero-order chi connectivity index (χ0) is 11.0. The molecule has 0 fully saturated rings. The van der Waals surface area contributed by atoms with Gasteiger partial charge in [0.2, 0.25) is 0 Å². The van der Waals surface area contributed by atoms with E-state index in [1.807, 2.05) is 6.08 Å². The predicted molar refractivity (Wildman–Crippen MR) is 66.5 cm³/mol. The molecule has 0 nitrogen and oxygen atoms in total. The largest absolute Gasteiger partial charge is 0.103 e. The third-order valence-corrected chi connectivity index (χ3v) is 2.68. The lowest BCUT2D eigenvalue weighted by molar-refractivity contribution is 0.865. The minimum absolute atomic E-state index is 0.949. The summed E-state index contributed by atoms with van der Waals surface area (Å²) in [6, 6.07) is 0. The lowest BCUT2D eigenvalue weighted by Gasteiger charge is -2.12. The number of hydrogen-bond acceptors (Lipinski definition) is 0. The summed E-state index contributed by atoms with van der Waals surface area (Å²) in [5, 5.41) is 0. The maximum Gasteiger partial charge on any atom is -0.0105 e. The van der Waals surface area contributed by atoms with E-state index < -0.39 is 0 Å². The molecule has 0 atom stereocenters. The van der Waals surface area contributed by atoms with Gasteiger partial charge in [-0.3, -0.25) is 0 Å². The Morgan fingerprint density at radius 2 is 1.50 bits per heavy atom. The van der Waals surface area contributed by atoms with E-state index in [1.165, 1.54) is 18.4 Å². The van der Waals surface area contributed by atoms with Gasteiger partial charge in [0.1, 0.15) is 0 Å². The molecule has 14 heavy (non-hydrogen) atoms. The highest BCUT2D eigenvalue weighted by atomic mass is 14.1. The van der Waals surface area contributed by atoms with E-state index in [2.05, 4.69) is 33.9 Å². The molecule has 0 spiro atoms. The van der Waals surface area contributed by atoms with Crippen molar-refractivity contribution in [2.24, 2.45) is 0 Å². The molecule has 0 aliphatic carbocycles. The van der Waals surface area contributed by atoms with Crippen LogP contribution >= 0.6 is 0 Å². The zero-order valence-electron chi connectivity index (χ0n) is 10.0. The Kier molecular flexibility index (Phi) is 7.18. The van der Waals surface area contributed by atoms with Crippen LogP contribution in [-0.4, -0.2) is 0 Å². The molecule has 80 valence electrons. The summed E-state index contributed by atoms with van der Waals surface area (Å²) in [5.74, 6) is 0. The molecule has 0 aromatic heterocycles. The standard InChI is InChI=1S/C14H24/c1-6-10-12(5)11-14(9-4)13(7-2)8-3/h6H,1,5,7-11H2,2-4H3. The van der Waals surface area contributed by atoms with Gasteiger partial charge in [0.05, 0.1) is 0 Å². The molecular weight excluding hydrogens is 168 g/mol. The first-order valence-corrected chi connectivity index (χ1v) is 5.66. The zero-order valence-corrected chi connectivity index (χ0v) is 10.0. The minimum Gasteiger partial charge on any atom is -0.103 e. The molecule has 0 heteroatoms. The van der Waals surface area contributed by atoms with Crippen LogP contribution < -0.4 is 0 Å². The Morgan fingerprint density at radius 1 is 1.00 bits per heavy atom. The van der Waals surface area contributed by atoms with Crippen molar-refractivity contribution >= 4 is 0 Å². The topological polar surface area (TPSA) is 0 Å². The maximum atomic E-state index is 4.08.